The van der Waals surface area contributed by atoms with Gasteiger partial charge in [-0.25, -0.2) is 0 Å². The van der Waals surface area contributed by atoms with Gasteiger partial charge in [-0.05, 0) is 55.4 Å². The van der Waals surface area contributed by atoms with Crippen LogP contribution in [0.15, 0.2) is 12.1 Å². The molecule has 102 valence electrons. The number of amides is 1. The number of anilines is 2. The van der Waals surface area contributed by atoms with Crippen LogP contribution >= 0.6 is 0 Å². The fraction of sp³-hybridized carbons (Fsp3) is 0.562. The van der Waals surface area contributed by atoms with E-state index in [2.05, 4.69) is 50.5 Å². The van der Waals surface area contributed by atoms with Crippen LogP contribution < -0.4 is 10.6 Å². The lowest BCUT2D eigenvalue weighted by Gasteiger charge is -2.19. The minimum atomic E-state index is 0.0861. The number of aryl methyl sites for hydroxylation is 2. The van der Waals surface area contributed by atoms with Gasteiger partial charge >= 0.3 is 0 Å². The molecule has 2 N–H and O–H groups in total. The molecular formula is C16H22N2O. The van der Waals surface area contributed by atoms with Crippen molar-refractivity contribution in [2.45, 2.75) is 46.6 Å². The smallest absolute Gasteiger partial charge is 0.229 e. The normalized spacial score (nSPS) is 27.9. The van der Waals surface area contributed by atoms with Gasteiger partial charge in [0.15, 0.2) is 0 Å². The minimum absolute atomic E-state index is 0.0861. The first-order chi connectivity index (χ1) is 8.85. The van der Waals surface area contributed by atoms with E-state index in [4.69, 9.17) is 0 Å². The maximum Gasteiger partial charge on any atom is 0.229 e. The van der Waals surface area contributed by atoms with Crippen molar-refractivity contribution >= 4 is 17.3 Å². The van der Waals surface area contributed by atoms with E-state index in [-0.39, 0.29) is 23.3 Å². The third kappa shape index (κ3) is 2.11. The summed E-state index contributed by atoms with van der Waals surface area (Å²) in [6, 6.07) is 4.48. The average Bonchev–Trinajstić information content (AvgIpc) is 2.55. The highest BCUT2D eigenvalue weighted by atomic mass is 16.2. The van der Waals surface area contributed by atoms with Crippen molar-refractivity contribution < 1.29 is 4.79 Å². The molecule has 0 aromatic heterocycles. The summed E-state index contributed by atoms with van der Waals surface area (Å²) in [5, 5.41) is 6.69. The zero-order valence-electron chi connectivity index (χ0n) is 12.1. The molecule has 0 unspecified atom stereocenters. The Balaban J connectivity index is 2.00. The number of benzene rings is 1. The van der Waals surface area contributed by atoms with Crippen molar-refractivity contribution in [1.29, 1.82) is 0 Å². The van der Waals surface area contributed by atoms with Gasteiger partial charge in [0.1, 0.15) is 0 Å². The number of rotatable bonds is 0. The van der Waals surface area contributed by atoms with Crippen LogP contribution in [0.3, 0.4) is 0 Å². The van der Waals surface area contributed by atoms with Crippen molar-refractivity contribution in [2.75, 3.05) is 10.6 Å². The molecule has 1 aromatic rings. The summed E-state index contributed by atoms with van der Waals surface area (Å²) in [5.74, 6) is 0.257. The highest BCUT2D eigenvalue weighted by molar-refractivity contribution is 5.98. The fourth-order valence-corrected chi connectivity index (χ4v) is 3.45. The lowest BCUT2D eigenvalue weighted by atomic mass is 9.90. The monoisotopic (exact) mass is 258 g/mol. The zero-order chi connectivity index (χ0) is 13.8. The van der Waals surface area contributed by atoms with E-state index in [9.17, 15) is 4.79 Å². The summed E-state index contributed by atoms with van der Waals surface area (Å²) in [6.07, 6.45) is 2.01. The van der Waals surface area contributed by atoms with Crippen LogP contribution in [0.25, 0.3) is 0 Å². The Morgan fingerprint density at radius 2 is 1.74 bits per heavy atom. The van der Waals surface area contributed by atoms with Crippen molar-refractivity contribution in [3.8, 4) is 0 Å². The van der Waals surface area contributed by atoms with Crippen molar-refractivity contribution in [3.63, 3.8) is 0 Å². The molecule has 2 atom stereocenters. The van der Waals surface area contributed by atoms with Gasteiger partial charge in [-0.3, -0.25) is 4.79 Å². The molecule has 1 heterocycles. The third-order valence-corrected chi connectivity index (χ3v) is 4.60. The summed E-state index contributed by atoms with van der Waals surface area (Å²) in [4.78, 5) is 12.4. The second-order valence-electron chi connectivity index (χ2n) is 6.90. The van der Waals surface area contributed by atoms with Gasteiger partial charge in [-0.1, -0.05) is 13.8 Å². The number of carbonyl (C=O) groups excluding carboxylic acids is 1. The molecule has 1 saturated carbocycles. The lowest BCUT2D eigenvalue weighted by molar-refractivity contribution is -0.120. The predicted molar refractivity (Wildman–Crippen MR) is 78.5 cm³/mol. The summed E-state index contributed by atoms with van der Waals surface area (Å²) in [7, 11) is 0. The Morgan fingerprint density at radius 1 is 1.11 bits per heavy atom. The van der Waals surface area contributed by atoms with Gasteiger partial charge in [0.25, 0.3) is 0 Å². The SMILES string of the molecule is Cc1cc2c(cc1C)N[C@H]1CC(C)(C)C[C@H]1C(=O)N2. The molecular weight excluding hydrogens is 236 g/mol. The minimum Gasteiger partial charge on any atom is -0.380 e. The van der Waals surface area contributed by atoms with Crippen molar-refractivity contribution in [3.05, 3.63) is 23.3 Å². The van der Waals surface area contributed by atoms with Crippen LogP contribution in [0.4, 0.5) is 11.4 Å². The van der Waals surface area contributed by atoms with Crippen LogP contribution in [-0.4, -0.2) is 11.9 Å². The topological polar surface area (TPSA) is 41.1 Å². The van der Waals surface area contributed by atoms with E-state index in [0.717, 1.165) is 24.2 Å². The molecule has 0 spiro atoms. The molecule has 3 nitrogen and oxygen atoms in total. The second kappa shape index (κ2) is 3.99. The first kappa shape index (κ1) is 12.5. The highest BCUT2D eigenvalue weighted by Gasteiger charge is 2.44. The van der Waals surface area contributed by atoms with Gasteiger partial charge in [0.05, 0.1) is 17.3 Å². The van der Waals surface area contributed by atoms with E-state index in [1.807, 2.05) is 0 Å². The van der Waals surface area contributed by atoms with E-state index in [0.29, 0.717) is 0 Å². The third-order valence-electron chi connectivity index (χ3n) is 4.60. The Kier molecular flexibility index (Phi) is 2.63. The Hall–Kier alpha value is -1.51. The average molecular weight is 258 g/mol. The lowest BCUT2D eigenvalue weighted by Crippen LogP contribution is -2.30. The number of hydrogen-bond donors (Lipinski definition) is 2. The second-order valence-corrected chi connectivity index (χ2v) is 6.90. The van der Waals surface area contributed by atoms with Gasteiger partial charge in [-0.15, -0.1) is 0 Å². The standard InChI is InChI=1S/C16H22N2O/c1-9-5-12-13(6-10(9)2)18-15(19)11-7-16(3,4)8-14(11)17-12/h5-6,11,14,17H,7-8H2,1-4H3,(H,18,19)/t11-,14+/m1/s1. The van der Waals surface area contributed by atoms with Crippen LogP contribution in [0.5, 0.6) is 0 Å². The van der Waals surface area contributed by atoms with Gasteiger partial charge in [-0.2, -0.15) is 0 Å². The number of hydrogen-bond acceptors (Lipinski definition) is 2. The van der Waals surface area contributed by atoms with Gasteiger partial charge in [0, 0.05) is 6.04 Å². The molecule has 0 bridgehead atoms. The van der Waals surface area contributed by atoms with Crippen LogP contribution in [0.2, 0.25) is 0 Å². The molecule has 2 aliphatic rings. The molecule has 1 aliphatic carbocycles. The highest BCUT2D eigenvalue weighted by Crippen LogP contribution is 2.45. The van der Waals surface area contributed by atoms with Gasteiger partial charge < -0.3 is 10.6 Å². The fourth-order valence-electron chi connectivity index (χ4n) is 3.45. The first-order valence-corrected chi connectivity index (χ1v) is 7.04. The predicted octanol–water partition coefficient (Wildman–Crippen LogP) is 3.47. The molecule has 19 heavy (non-hydrogen) atoms. The van der Waals surface area contributed by atoms with Crippen molar-refractivity contribution in [2.24, 2.45) is 11.3 Å². The van der Waals surface area contributed by atoms with Crippen molar-refractivity contribution in [1.82, 2.24) is 0 Å². The van der Waals surface area contributed by atoms with E-state index < -0.39 is 0 Å². The maximum absolute atomic E-state index is 12.4. The number of carbonyl (C=O) groups is 1. The molecule has 0 saturated heterocycles. The summed E-state index contributed by atoms with van der Waals surface area (Å²) < 4.78 is 0. The molecule has 3 rings (SSSR count). The van der Waals surface area contributed by atoms with E-state index in [1.165, 1.54) is 11.1 Å². The zero-order valence-corrected chi connectivity index (χ0v) is 12.1. The molecule has 1 amide bonds. The van der Waals surface area contributed by atoms with Crippen LogP contribution in [-0.2, 0) is 4.79 Å². The van der Waals surface area contributed by atoms with Crippen LogP contribution in [0.1, 0.15) is 37.8 Å². The Morgan fingerprint density at radius 3 is 2.42 bits per heavy atom. The largest absolute Gasteiger partial charge is 0.380 e. The van der Waals surface area contributed by atoms with Gasteiger partial charge in [0.2, 0.25) is 5.91 Å². The molecule has 0 radical (unpaired) electrons. The summed E-state index contributed by atoms with van der Waals surface area (Å²) in [6.45, 7) is 8.69. The Bertz CT molecular complexity index is 548. The van der Waals surface area contributed by atoms with Crippen LogP contribution in [0, 0.1) is 25.2 Å². The summed E-state index contributed by atoms with van der Waals surface area (Å²) in [5.41, 5.74) is 4.73. The van der Waals surface area contributed by atoms with E-state index in [1.54, 1.807) is 0 Å². The molecule has 1 aromatic carbocycles. The first-order valence-electron chi connectivity index (χ1n) is 7.04. The number of nitrogens with one attached hydrogen (secondary N) is 2. The molecule has 1 fully saturated rings. The summed E-state index contributed by atoms with van der Waals surface area (Å²) >= 11 is 0. The van der Waals surface area contributed by atoms with E-state index >= 15 is 0 Å². The molecule has 3 heteroatoms. The molecule has 1 aliphatic heterocycles. The Labute approximate surface area is 114 Å². The maximum atomic E-state index is 12.4. The number of fused-ring (bicyclic) bond motifs is 2. The quantitative estimate of drug-likeness (QED) is 0.748.